The van der Waals surface area contributed by atoms with Gasteiger partial charge in [-0.25, -0.2) is 0 Å². The minimum Gasteiger partial charge on any atom is -0.431 e. The van der Waals surface area contributed by atoms with Crippen molar-refractivity contribution >= 4 is 39.0 Å². The molecule has 3 aromatic rings. The molecule has 2 aromatic carbocycles. The maximum Gasteiger partial charge on any atom is 0.264 e. The molecular formula is C17H13N3OS2. The van der Waals surface area contributed by atoms with Crippen LogP contribution >= 0.6 is 23.8 Å². The van der Waals surface area contributed by atoms with E-state index in [-0.39, 0.29) is 0 Å². The molecule has 0 bridgehead atoms. The summed E-state index contributed by atoms with van der Waals surface area (Å²) in [6.07, 6.45) is 1.83. The molecule has 0 amide bonds. The van der Waals surface area contributed by atoms with E-state index in [9.17, 15) is 0 Å². The molecule has 0 spiro atoms. The molecule has 1 heterocycles. The van der Waals surface area contributed by atoms with Crippen molar-refractivity contribution in [1.29, 1.82) is 5.26 Å². The van der Waals surface area contributed by atoms with Gasteiger partial charge in [0.2, 0.25) is 0 Å². The third-order valence-corrected chi connectivity index (χ3v) is 4.61. The van der Waals surface area contributed by atoms with E-state index in [4.69, 9.17) is 22.2 Å². The van der Waals surface area contributed by atoms with Gasteiger partial charge in [0.15, 0.2) is 0 Å². The minimum atomic E-state index is 0.381. The Kier molecular flexibility index (Phi) is 4.24. The lowest BCUT2D eigenvalue weighted by Crippen LogP contribution is -2.25. The maximum absolute atomic E-state index is 9.15. The van der Waals surface area contributed by atoms with Crippen LogP contribution in [0.5, 0.6) is 5.75 Å². The van der Waals surface area contributed by atoms with Crippen molar-refractivity contribution in [3.63, 3.8) is 0 Å². The minimum absolute atomic E-state index is 0.381. The topological polar surface area (TPSA) is 49.1 Å². The fraction of sp³-hybridized carbons (Fsp3) is 0.118. The smallest absolute Gasteiger partial charge is 0.264 e. The first-order valence-corrected chi connectivity index (χ1v) is 8.05. The molecule has 0 saturated carbocycles. The number of thiocarbonyl (C=S) groups is 1. The van der Waals surface area contributed by atoms with Crippen molar-refractivity contribution in [3.8, 4) is 22.9 Å². The Morgan fingerprint density at radius 1 is 1.30 bits per heavy atom. The number of ether oxygens (including phenoxy) is 1. The van der Waals surface area contributed by atoms with Crippen LogP contribution in [0.3, 0.4) is 0 Å². The highest BCUT2D eigenvalue weighted by atomic mass is 32.1. The number of hydrogen-bond acceptors (Lipinski definition) is 5. The van der Waals surface area contributed by atoms with E-state index in [1.54, 1.807) is 11.0 Å². The van der Waals surface area contributed by atoms with E-state index in [0.717, 1.165) is 21.2 Å². The highest BCUT2D eigenvalue weighted by Crippen LogP contribution is 2.39. The van der Waals surface area contributed by atoms with E-state index in [1.807, 2.05) is 50.6 Å². The maximum atomic E-state index is 9.15. The number of benzene rings is 2. The molecule has 0 aliphatic rings. The van der Waals surface area contributed by atoms with E-state index in [2.05, 4.69) is 10.4 Å². The second kappa shape index (κ2) is 6.32. The average Bonchev–Trinajstić information content (AvgIpc) is 3.03. The molecule has 23 heavy (non-hydrogen) atoms. The van der Waals surface area contributed by atoms with Crippen molar-refractivity contribution in [2.45, 2.75) is 0 Å². The van der Waals surface area contributed by atoms with Crippen LogP contribution in [0.1, 0.15) is 5.56 Å². The number of rotatable bonds is 2. The summed E-state index contributed by atoms with van der Waals surface area (Å²) in [5, 5.41) is 10.6. The molecule has 1 aromatic heterocycles. The highest BCUT2D eigenvalue weighted by Gasteiger charge is 2.15. The van der Waals surface area contributed by atoms with Crippen LogP contribution in [-0.2, 0) is 0 Å². The summed E-state index contributed by atoms with van der Waals surface area (Å²) in [4.78, 5) is 1.74. The number of fused-ring (bicyclic) bond motifs is 1. The van der Waals surface area contributed by atoms with Crippen molar-refractivity contribution in [3.05, 3.63) is 48.2 Å². The molecule has 0 aliphatic heterocycles. The molecule has 0 saturated heterocycles. The fourth-order valence-electron chi connectivity index (χ4n) is 2.20. The summed E-state index contributed by atoms with van der Waals surface area (Å²) >= 11 is 6.66. The van der Waals surface area contributed by atoms with E-state index < -0.39 is 0 Å². The SMILES string of the molecule is CN(C)C(=S)Oc1ccc2cnsc2c1-c1cccc(C#N)c1. The van der Waals surface area contributed by atoms with Gasteiger partial charge in [-0.15, -0.1) is 0 Å². The molecule has 6 heteroatoms. The Hall–Kier alpha value is -2.49. The Labute approximate surface area is 143 Å². The quantitative estimate of drug-likeness (QED) is 0.659. The summed E-state index contributed by atoms with van der Waals surface area (Å²) in [5.74, 6) is 0.663. The lowest BCUT2D eigenvalue weighted by atomic mass is 10.0. The van der Waals surface area contributed by atoms with Gasteiger partial charge < -0.3 is 9.64 Å². The molecule has 0 atom stereocenters. The summed E-state index contributed by atoms with van der Waals surface area (Å²) in [6, 6.07) is 13.5. The van der Waals surface area contributed by atoms with Gasteiger partial charge in [-0.05, 0) is 53.6 Å². The number of nitriles is 1. The fourth-order valence-corrected chi connectivity index (χ4v) is 3.10. The van der Waals surface area contributed by atoms with E-state index in [0.29, 0.717) is 16.5 Å². The van der Waals surface area contributed by atoms with Crippen molar-refractivity contribution in [1.82, 2.24) is 9.27 Å². The molecule has 0 unspecified atom stereocenters. The summed E-state index contributed by atoms with van der Waals surface area (Å²) in [5.41, 5.74) is 2.42. The summed E-state index contributed by atoms with van der Waals surface area (Å²) < 4.78 is 11.1. The van der Waals surface area contributed by atoms with Crippen molar-refractivity contribution in [2.24, 2.45) is 0 Å². The Morgan fingerprint density at radius 2 is 2.13 bits per heavy atom. The Bertz CT molecular complexity index is 925. The molecule has 0 radical (unpaired) electrons. The third-order valence-electron chi connectivity index (χ3n) is 3.33. The van der Waals surface area contributed by atoms with Crippen LogP contribution in [-0.4, -0.2) is 28.5 Å². The molecule has 0 fully saturated rings. The first-order valence-electron chi connectivity index (χ1n) is 6.87. The average molecular weight is 339 g/mol. The first kappa shape index (κ1) is 15.4. The largest absolute Gasteiger partial charge is 0.431 e. The molecule has 114 valence electrons. The third kappa shape index (κ3) is 3.02. The second-order valence-corrected chi connectivity index (χ2v) is 6.29. The predicted molar refractivity (Wildman–Crippen MR) is 96.7 cm³/mol. The van der Waals surface area contributed by atoms with Crippen LogP contribution < -0.4 is 4.74 Å². The van der Waals surface area contributed by atoms with Gasteiger partial charge in [-0.1, -0.05) is 12.1 Å². The van der Waals surface area contributed by atoms with Crippen LogP contribution in [0.25, 0.3) is 21.2 Å². The second-order valence-electron chi connectivity index (χ2n) is 5.14. The van der Waals surface area contributed by atoms with Crippen molar-refractivity contribution in [2.75, 3.05) is 14.1 Å². The van der Waals surface area contributed by atoms with Crippen LogP contribution in [0, 0.1) is 11.3 Å². The van der Waals surface area contributed by atoms with Gasteiger partial charge in [-0.3, -0.25) is 0 Å². The number of hydrogen-bond donors (Lipinski definition) is 0. The first-order chi connectivity index (χ1) is 11.1. The van der Waals surface area contributed by atoms with Crippen molar-refractivity contribution < 1.29 is 4.74 Å². The van der Waals surface area contributed by atoms with Gasteiger partial charge in [0.05, 0.1) is 16.3 Å². The summed E-state index contributed by atoms with van der Waals surface area (Å²) in [7, 11) is 3.67. The lowest BCUT2D eigenvalue weighted by molar-refractivity contribution is 0.451. The molecule has 4 nitrogen and oxygen atoms in total. The molecule has 0 N–H and O–H groups in total. The van der Waals surface area contributed by atoms with Gasteiger partial charge in [0, 0.05) is 31.2 Å². The highest BCUT2D eigenvalue weighted by molar-refractivity contribution is 7.80. The van der Waals surface area contributed by atoms with Crippen LogP contribution in [0.2, 0.25) is 0 Å². The zero-order valence-electron chi connectivity index (χ0n) is 12.6. The van der Waals surface area contributed by atoms with E-state index in [1.165, 1.54) is 11.5 Å². The van der Waals surface area contributed by atoms with Gasteiger partial charge in [0.1, 0.15) is 5.75 Å². The predicted octanol–water partition coefficient (Wildman–Crippen LogP) is 4.06. The standard InChI is InChI=1S/C17H13N3OS2/c1-20(2)17(22)21-14-7-6-13-10-19-23-16(13)15(14)12-5-3-4-11(8-12)9-18/h3-8,10H,1-2H3. The van der Waals surface area contributed by atoms with Crippen LogP contribution in [0.15, 0.2) is 42.6 Å². The zero-order valence-corrected chi connectivity index (χ0v) is 14.2. The normalized spacial score (nSPS) is 10.3. The summed E-state index contributed by atoms with van der Waals surface area (Å²) in [6.45, 7) is 0. The van der Waals surface area contributed by atoms with Gasteiger partial charge >= 0.3 is 0 Å². The number of aromatic nitrogens is 1. The lowest BCUT2D eigenvalue weighted by Gasteiger charge is -2.17. The van der Waals surface area contributed by atoms with Gasteiger partial charge in [-0.2, -0.15) is 9.64 Å². The number of nitrogens with zero attached hydrogens (tertiary/aromatic N) is 3. The zero-order chi connectivity index (χ0) is 16.4. The molecular weight excluding hydrogens is 326 g/mol. The Balaban J connectivity index is 2.21. The van der Waals surface area contributed by atoms with Crippen LogP contribution in [0.4, 0.5) is 0 Å². The van der Waals surface area contributed by atoms with E-state index >= 15 is 0 Å². The molecule has 3 rings (SSSR count). The molecule has 0 aliphatic carbocycles. The van der Waals surface area contributed by atoms with Gasteiger partial charge in [0.25, 0.3) is 5.17 Å². The monoisotopic (exact) mass is 339 g/mol. The Morgan fingerprint density at radius 3 is 2.87 bits per heavy atom.